The molecule has 1 heterocycles. The van der Waals surface area contributed by atoms with Crippen molar-refractivity contribution in [2.24, 2.45) is 5.73 Å². The highest BCUT2D eigenvalue weighted by molar-refractivity contribution is 5.44. The molecule has 3 nitrogen and oxygen atoms in total. The summed E-state index contributed by atoms with van der Waals surface area (Å²) in [5.74, 6) is 1.69. The molecule has 1 aliphatic heterocycles. The van der Waals surface area contributed by atoms with Gasteiger partial charge in [-0.3, -0.25) is 0 Å². The van der Waals surface area contributed by atoms with Gasteiger partial charge in [0, 0.05) is 24.1 Å². The van der Waals surface area contributed by atoms with E-state index in [1.54, 1.807) is 7.11 Å². The van der Waals surface area contributed by atoms with Crippen molar-refractivity contribution >= 4 is 0 Å². The van der Waals surface area contributed by atoms with Gasteiger partial charge in [0.15, 0.2) is 0 Å². The molecule has 0 saturated heterocycles. The van der Waals surface area contributed by atoms with Gasteiger partial charge in [0.1, 0.15) is 17.1 Å². The fourth-order valence-corrected chi connectivity index (χ4v) is 2.60. The number of ether oxygens (including phenoxy) is 2. The van der Waals surface area contributed by atoms with E-state index in [9.17, 15) is 0 Å². The highest BCUT2D eigenvalue weighted by atomic mass is 16.5. The number of hydrogen-bond donors (Lipinski definition) is 1. The number of methoxy groups -OCH3 is 1. The zero-order valence-corrected chi connectivity index (χ0v) is 10.8. The maximum absolute atomic E-state index is 6.22. The summed E-state index contributed by atoms with van der Waals surface area (Å²) in [6, 6.07) is 5.93. The van der Waals surface area contributed by atoms with E-state index in [1.807, 2.05) is 18.2 Å². The summed E-state index contributed by atoms with van der Waals surface area (Å²) in [6.07, 6.45) is 3.00. The Balaban J connectivity index is 2.33. The summed E-state index contributed by atoms with van der Waals surface area (Å²) in [5.41, 5.74) is 7.16. The van der Waals surface area contributed by atoms with Crippen molar-refractivity contribution in [1.29, 1.82) is 0 Å². The van der Waals surface area contributed by atoms with Gasteiger partial charge in [-0.05, 0) is 19.4 Å². The van der Waals surface area contributed by atoms with Crippen molar-refractivity contribution < 1.29 is 9.47 Å². The van der Waals surface area contributed by atoms with Gasteiger partial charge in [-0.15, -0.1) is 0 Å². The Morgan fingerprint density at radius 2 is 2.29 bits per heavy atom. The number of nitrogens with two attached hydrogens (primary N) is 1. The second-order valence-corrected chi connectivity index (χ2v) is 5.02. The second-order valence-electron chi connectivity index (χ2n) is 5.02. The van der Waals surface area contributed by atoms with Crippen molar-refractivity contribution in [3.63, 3.8) is 0 Å². The zero-order chi connectivity index (χ0) is 12.5. The summed E-state index contributed by atoms with van der Waals surface area (Å²) < 4.78 is 11.3. The summed E-state index contributed by atoms with van der Waals surface area (Å²) in [5, 5.41) is 0. The van der Waals surface area contributed by atoms with Crippen molar-refractivity contribution in [2.75, 3.05) is 7.11 Å². The van der Waals surface area contributed by atoms with Crippen LogP contribution >= 0.6 is 0 Å². The van der Waals surface area contributed by atoms with E-state index >= 15 is 0 Å². The number of rotatable bonds is 3. The molecule has 94 valence electrons. The molecule has 2 N–H and O–H groups in total. The van der Waals surface area contributed by atoms with Crippen molar-refractivity contribution in [3.05, 3.63) is 23.8 Å². The van der Waals surface area contributed by atoms with Crippen LogP contribution < -0.4 is 15.2 Å². The predicted molar refractivity (Wildman–Crippen MR) is 68.5 cm³/mol. The third-order valence-corrected chi connectivity index (χ3v) is 3.41. The molecule has 2 atom stereocenters. The van der Waals surface area contributed by atoms with Crippen LogP contribution in [0.2, 0.25) is 0 Å². The minimum Gasteiger partial charge on any atom is -0.497 e. The predicted octanol–water partition coefficient (Wildman–Crippen LogP) is 3.04. The topological polar surface area (TPSA) is 44.5 Å². The molecule has 0 aliphatic carbocycles. The van der Waals surface area contributed by atoms with E-state index in [0.717, 1.165) is 36.3 Å². The van der Waals surface area contributed by atoms with Gasteiger partial charge >= 0.3 is 0 Å². The molecule has 2 unspecified atom stereocenters. The minimum absolute atomic E-state index is 0.0567. The number of benzene rings is 1. The molecule has 0 fully saturated rings. The van der Waals surface area contributed by atoms with Crippen molar-refractivity contribution in [2.45, 2.75) is 44.8 Å². The first kappa shape index (κ1) is 12.2. The van der Waals surface area contributed by atoms with E-state index in [0.29, 0.717) is 0 Å². The molecule has 1 aromatic carbocycles. The second kappa shape index (κ2) is 4.57. The molecule has 0 radical (unpaired) electrons. The smallest absolute Gasteiger partial charge is 0.128 e. The van der Waals surface area contributed by atoms with Crippen LogP contribution in [-0.2, 0) is 0 Å². The maximum Gasteiger partial charge on any atom is 0.128 e. The number of hydrogen-bond acceptors (Lipinski definition) is 3. The van der Waals surface area contributed by atoms with Crippen LogP contribution in [0, 0.1) is 0 Å². The Bertz CT molecular complexity index is 405. The highest BCUT2D eigenvalue weighted by Gasteiger charge is 2.35. The zero-order valence-electron chi connectivity index (χ0n) is 10.8. The maximum atomic E-state index is 6.22. The molecular formula is C14H21NO2. The average Bonchev–Trinajstić information content (AvgIpc) is 2.27. The van der Waals surface area contributed by atoms with Crippen LogP contribution in [-0.4, -0.2) is 12.7 Å². The quantitative estimate of drug-likeness (QED) is 0.875. The van der Waals surface area contributed by atoms with Crippen LogP contribution in [0.1, 0.15) is 44.7 Å². The molecule has 1 aromatic rings. The summed E-state index contributed by atoms with van der Waals surface area (Å²) >= 11 is 0. The Hall–Kier alpha value is -1.22. The Morgan fingerprint density at radius 1 is 1.53 bits per heavy atom. The first-order valence-corrected chi connectivity index (χ1v) is 6.20. The molecule has 0 aromatic heterocycles. The third-order valence-electron chi connectivity index (χ3n) is 3.41. The van der Waals surface area contributed by atoms with Crippen molar-refractivity contribution in [3.8, 4) is 11.5 Å². The first-order valence-electron chi connectivity index (χ1n) is 6.20. The molecule has 0 spiro atoms. The van der Waals surface area contributed by atoms with Crippen LogP contribution in [0.25, 0.3) is 0 Å². The van der Waals surface area contributed by atoms with Gasteiger partial charge < -0.3 is 15.2 Å². The molecule has 0 amide bonds. The fourth-order valence-electron chi connectivity index (χ4n) is 2.60. The Kier molecular flexibility index (Phi) is 3.29. The molecule has 2 rings (SSSR count). The fraction of sp³-hybridized carbons (Fsp3) is 0.571. The van der Waals surface area contributed by atoms with Gasteiger partial charge in [-0.25, -0.2) is 0 Å². The Morgan fingerprint density at radius 3 is 2.94 bits per heavy atom. The largest absolute Gasteiger partial charge is 0.497 e. The van der Waals surface area contributed by atoms with Gasteiger partial charge in [0.25, 0.3) is 0 Å². The van der Waals surface area contributed by atoms with Crippen LogP contribution in [0.15, 0.2) is 18.2 Å². The van der Waals surface area contributed by atoms with Gasteiger partial charge in [-0.1, -0.05) is 19.4 Å². The monoisotopic (exact) mass is 235 g/mol. The Labute approximate surface area is 103 Å². The molecule has 3 heteroatoms. The van der Waals surface area contributed by atoms with Crippen LogP contribution in [0.3, 0.4) is 0 Å². The summed E-state index contributed by atoms with van der Waals surface area (Å²) in [6.45, 7) is 4.31. The first-order chi connectivity index (χ1) is 8.08. The molecule has 1 aliphatic rings. The SMILES string of the molecule is CCCC1(C)CC(N)c2ccc(OC)cc2O1. The van der Waals surface area contributed by atoms with Gasteiger partial charge in [-0.2, -0.15) is 0 Å². The minimum atomic E-state index is -0.145. The van der Waals surface area contributed by atoms with Crippen LogP contribution in [0.5, 0.6) is 11.5 Å². The van der Waals surface area contributed by atoms with E-state index in [-0.39, 0.29) is 11.6 Å². The van der Waals surface area contributed by atoms with E-state index < -0.39 is 0 Å². The third kappa shape index (κ3) is 2.39. The van der Waals surface area contributed by atoms with Crippen LogP contribution in [0.4, 0.5) is 0 Å². The van der Waals surface area contributed by atoms with Gasteiger partial charge in [0.05, 0.1) is 7.11 Å². The summed E-state index contributed by atoms with van der Waals surface area (Å²) in [7, 11) is 1.66. The molecule has 0 bridgehead atoms. The highest BCUT2D eigenvalue weighted by Crippen LogP contribution is 2.41. The molecule has 17 heavy (non-hydrogen) atoms. The standard InChI is InChI=1S/C14H21NO2/c1-4-7-14(2)9-12(15)11-6-5-10(16-3)8-13(11)17-14/h5-6,8,12H,4,7,9,15H2,1-3H3. The van der Waals surface area contributed by atoms with Gasteiger partial charge in [0.2, 0.25) is 0 Å². The summed E-state index contributed by atoms with van der Waals surface area (Å²) in [4.78, 5) is 0. The lowest BCUT2D eigenvalue weighted by Crippen LogP contribution is -2.40. The molecular weight excluding hydrogens is 214 g/mol. The lowest BCUT2D eigenvalue weighted by Gasteiger charge is -2.38. The average molecular weight is 235 g/mol. The number of fused-ring (bicyclic) bond motifs is 1. The lowest BCUT2D eigenvalue weighted by molar-refractivity contribution is 0.0446. The van der Waals surface area contributed by atoms with E-state index in [1.165, 1.54) is 0 Å². The normalized spacial score (nSPS) is 27.2. The van der Waals surface area contributed by atoms with E-state index in [2.05, 4.69) is 13.8 Å². The van der Waals surface area contributed by atoms with Crippen molar-refractivity contribution in [1.82, 2.24) is 0 Å². The molecule has 0 saturated carbocycles. The van der Waals surface area contributed by atoms with E-state index in [4.69, 9.17) is 15.2 Å². The lowest BCUT2D eigenvalue weighted by atomic mass is 9.86.